The molecule has 1 saturated heterocycles. The maximum atomic E-state index is 13.5. The molecule has 44 heavy (non-hydrogen) atoms. The van der Waals surface area contributed by atoms with Crippen molar-refractivity contribution in [3.63, 3.8) is 0 Å². The zero-order valence-electron chi connectivity index (χ0n) is 27.2. The molecule has 2 atom stereocenters. The molecule has 9 heteroatoms. The second-order valence-corrected chi connectivity index (χ2v) is 18.8. The summed E-state index contributed by atoms with van der Waals surface area (Å²) in [7, 11) is -2.03. The quantitative estimate of drug-likeness (QED) is 0.226. The number of amides is 2. The number of fused-ring (bicyclic) bond motifs is 1. The number of esters is 1. The van der Waals surface area contributed by atoms with E-state index in [1.165, 1.54) is 0 Å². The van der Waals surface area contributed by atoms with Crippen molar-refractivity contribution in [2.75, 3.05) is 13.1 Å². The zero-order valence-corrected chi connectivity index (χ0v) is 28.2. The first-order valence-electron chi connectivity index (χ1n) is 15.3. The van der Waals surface area contributed by atoms with E-state index in [1.54, 1.807) is 23.1 Å². The van der Waals surface area contributed by atoms with E-state index in [0.717, 1.165) is 16.5 Å². The van der Waals surface area contributed by atoms with Crippen molar-refractivity contribution in [1.82, 2.24) is 10.2 Å². The summed E-state index contributed by atoms with van der Waals surface area (Å²) in [6.07, 6.45) is -0.0548. The van der Waals surface area contributed by atoms with Crippen molar-refractivity contribution in [2.45, 2.75) is 90.3 Å². The number of carbonyl (C=O) groups is 3. The van der Waals surface area contributed by atoms with Crippen molar-refractivity contribution in [3.8, 4) is 5.75 Å². The summed E-state index contributed by atoms with van der Waals surface area (Å²) in [6, 6.07) is 19.7. The second-order valence-electron chi connectivity index (χ2n) is 14.0. The Balaban J connectivity index is 1.54. The van der Waals surface area contributed by atoms with Gasteiger partial charge in [-0.25, -0.2) is 9.59 Å². The highest BCUT2D eigenvalue weighted by atomic mass is 28.4. The number of hydrogen-bond donors (Lipinski definition) is 1. The lowest BCUT2D eigenvalue weighted by atomic mass is 10.1. The summed E-state index contributed by atoms with van der Waals surface area (Å²) >= 11 is 0. The van der Waals surface area contributed by atoms with Gasteiger partial charge in [0.25, 0.3) is 5.91 Å². The fourth-order valence-electron chi connectivity index (χ4n) is 4.80. The average Bonchev–Trinajstić information content (AvgIpc) is 3.13. The predicted octanol–water partition coefficient (Wildman–Crippen LogP) is 7.58. The minimum atomic E-state index is -2.03. The van der Waals surface area contributed by atoms with Crippen LogP contribution in [0.5, 0.6) is 5.75 Å². The highest BCUT2D eigenvalue weighted by Crippen LogP contribution is 2.37. The van der Waals surface area contributed by atoms with Crippen molar-refractivity contribution < 1.29 is 28.3 Å². The van der Waals surface area contributed by atoms with Gasteiger partial charge in [-0.15, -0.1) is 0 Å². The molecule has 4 rings (SSSR count). The van der Waals surface area contributed by atoms with Crippen LogP contribution in [0.1, 0.15) is 75.1 Å². The van der Waals surface area contributed by atoms with Crippen LogP contribution in [0.2, 0.25) is 18.1 Å². The smallest absolute Gasteiger partial charge is 0.410 e. The summed E-state index contributed by atoms with van der Waals surface area (Å²) in [4.78, 5) is 41.5. The van der Waals surface area contributed by atoms with Crippen LogP contribution in [0.15, 0.2) is 66.7 Å². The average molecular weight is 619 g/mol. The number of nitrogens with one attached hydrogen (secondary N) is 1. The Morgan fingerprint density at radius 1 is 0.864 bits per heavy atom. The van der Waals surface area contributed by atoms with Crippen molar-refractivity contribution >= 4 is 37.1 Å². The Bertz CT molecular complexity index is 1490. The summed E-state index contributed by atoms with van der Waals surface area (Å²) in [5, 5.41) is 5.06. The van der Waals surface area contributed by atoms with Crippen LogP contribution < -0.4 is 9.74 Å². The Labute approximate surface area is 262 Å². The monoisotopic (exact) mass is 618 g/mol. The van der Waals surface area contributed by atoms with E-state index in [2.05, 4.69) is 39.2 Å². The van der Waals surface area contributed by atoms with Gasteiger partial charge in [0.15, 0.2) is 0 Å². The Hall–Kier alpha value is -3.85. The molecule has 1 aliphatic heterocycles. The Kier molecular flexibility index (Phi) is 9.78. The lowest BCUT2D eigenvalue weighted by Gasteiger charge is -2.36. The largest absolute Gasteiger partial charge is 0.544 e. The van der Waals surface area contributed by atoms with Crippen molar-refractivity contribution in [2.24, 2.45) is 0 Å². The number of benzene rings is 3. The normalized spacial score (nSPS) is 17.9. The molecule has 1 aliphatic rings. The van der Waals surface area contributed by atoms with Gasteiger partial charge in [0, 0.05) is 18.7 Å². The molecule has 0 saturated carbocycles. The van der Waals surface area contributed by atoms with Crippen LogP contribution >= 0.6 is 0 Å². The molecule has 8 nitrogen and oxygen atoms in total. The van der Waals surface area contributed by atoms with Gasteiger partial charge in [-0.3, -0.25) is 4.79 Å². The molecule has 0 aromatic heterocycles. The fraction of sp³-hybridized carbons (Fsp3) is 0.457. The predicted molar refractivity (Wildman–Crippen MR) is 176 cm³/mol. The third kappa shape index (κ3) is 8.40. The van der Waals surface area contributed by atoms with Gasteiger partial charge in [0.1, 0.15) is 17.5 Å². The number of rotatable bonds is 6. The lowest BCUT2D eigenvalue weighted by molar-refractivity contribution is 0.0127. The van der Waals surface area contributed by atoms with Crippen molar-refractivity contribution in [1.29, 1.82) is 0 Å². The third-order valence-electron chi connectivity index (χ3n) is 8.29. The van der Waals surface area contributed by atoms with Gasteiger partial charge in [-0.1, -0.05) is 51.1 Å². The van der Waals surface area contributed by atoms with E-state index < -0.39 is 38.1 Å². The number of carbonyl (C=O) groups excluding carboxylic acids is 3. The van der Waals surface area contributed by atoms with E-state index in [0.29, 0.717) is 30.5 Å². The second kappa shape index (κ2) is 13.0. The standard InChI is InChI=1S/C35H46N2O6Si/c1-34(2,3)42-33(40)37-21-11-14-30(41-32(39)27-16-15-24-12-9-10-13-26(24)22-27)29(23-37)36-31(38)25-17-19-28(20-18-25)43-44(7,8)35(4,5)6/h9-10,12-13,15-20,22,29-30H,11,14,21,23H2,1-8H3,(H,36,38)/t29-,30-/m1/s1. The number of hydrogen-bond acceptors (Lipinski definition) is 6. The van der Waals surface area contributed by atoms with Crippen LogP contribution in [0, 0.1) is 0 Å². The molecule has 3 aromatic carbocycles. The van der Waals surface area contributed by atoms with Crippen LogP contribution in [-0.4, -0.2) is 62.0 Å². The topological polar surface area (TPSA) is 94.2 Å². The van der Waals surface area contributed by atoms with E-state index in [1.807, 2.05) is 69.3 Å². The third-order valence-corrected chi connectivity index (χ3v) is 12.6. The van der Waals surface area contributed by atoms with E-state index in [9.17, 15) is 14.4 Å². The van der Waals surface area contributed by atoms with Gasteiger partial charge in [0.2, 0.25) is 8.32 Å². The highest BCUT2D eigenvalue weighted by molar-refractivity contribution is 6.74. The summed E-state index contributed by atoms with van der Waals surface area (Å²) in [5.74, 6) is -0.0783. The lowest BCUT2D eigenvalue weighted by Crippen LogP contribution is -2.51. The van der Waals surface area contributed by atoms with E-state index >= 15 is 0 Å². The Morgan fingerprint density at radius 2 is 1.50 bits per heavy atom. The molecule has 236 valence electrons. The van der Waals surface area contributed by atoms with Gasteiger partial charge in [0.05, 0.1) is 11.6 Å². The van der Waals surface area contributed by atoms with Gasteiger partial charge >= 0.3 is 12.1 Å². The van der Waals surface area contributed by atoms with Crippen LogP contribution in [-0.2, 0) is 9.47 Å². The van der Waals surface area contributed by atoms with Crippen LogP contribution in [0.3, 0.4) is 0 Å². The minimum Gasteiger partial charge on any atom is -0.544 e. The van der Waals surface area contributed by atoms with Gasteiger partial charge < -0.3 is 24.1 Å². The number of likely N-dealkylation sites (tertiary alicyclic amines) is 1. The first kappa shape index (κ1) is 33.0. The summed E-state index contributed by atoms with van der Waals surface area (Å²) in [5.41, 5.74) is 0.206. The molecular formula is C35H46N2O6Si. The molecule has 0 bridgehead atoms. The summed E-state index contributed by atoms with van der Waals surface area (Å²) in [6.45, 7) is 16.9. The molecule has 0 radical (unpaired) electrons. The van der Waals surface area contributed by atoms with Crippen LogP contribution in [0.4, 0.5) is 4.79 Å². The Morgan fingerprint density at radius 3 is 2.14 bits per heavy atom. The molecule has 3 aromatic rings. The molecule has 1 fully saturated rings. The first-order valence-corrected chi connectivity index (χ1v) is 18.2. The van der Waals surface area contributed by atoms with Crippen LogP contribution in [0.25, 0.3) is 10.8 Å². The van der Waals surface area contributed by atoms with E-state index in [-0.39, 0.29) is 17.5 Å². The maximum Gasteiger partial charge on any atom is 0.410 e. The number of ether oxygens (including phenoxy) is 2. The summed E-state index contributed by atoms with van der Waals surface area (Å²) < 4.78 is 18.0. The minimum absolute atomic E-state index is 0.0435. The van der Waals surface area contributed by atoms with E-state index in [4.69, 9.17) is 13.9 Å². The number of nitrogens with zero attached hydrogens (tertiary/aromatic N) is 1. The molecule has 0 spiro atoms. The van der Waals surface area contributed by atoms with Crippen molar-refractivity contribution in [3.05, 3.63) is 77.9 Å². The fourth-order valence-corrected chi connectivity index (χ4v) is 5.83. The first-order chi connectivity index (χ1) is 20.5. The molecule has 1 heterocycles. The SMILES string of the molecule is CC(C)(C)OC(=O)N1CCC[C@@H](OC(=O)c2ccc3ccccc3c2)[C@H](NC(=O)c2ccc(O[Si](C)(C)C(C)(C)C)cc2)C1. The van der Waals surface area contributed by atoms with Gasteiger partial charge in [-0.2, -0.15) is 0 Å². The maximum absolute atomic E-state index is 13.5. The molecule has 0 aliphatic carbocycles. The molecule has 2 amide bonds. The molecule has 0 unspecified atom stereocenters. The van der Waals surface area contributed by atoms with Gasteiger partial charge in [-0.05, 0) is 98.9 Å². The molecule has 1 N–H and O–H groups in total. The molecular weight excluding hydrogens is 572 g/mol. The highest BCUT2D eigenvalue weighted by Gasteiger charge is 2.39. The zero-order chi connectivity index (χ0) is 32.3.